The van der Waals surface area contributed by atoms with Crippen molar-refractivity contribution in [2.45, 2.75) is 122 Å². The molecule has 0 aliphatic carbocycles. The molecule has 24 rings (SSSR count). The Morgan fingerprint density at radius 1 is 0.260 bits per heavy atom. The van der Waals surface area contributed by atoms with Crippen molar-refractivity contribution in [3.05, 3.63) is 456 Å². The quantitative estimate of drug-likeness (QED) is 0.117. The fourth-order valence-corrected chi connectivity index (χ4v) is 15.7. The minimum atomic E-state index is -2.55. The molecule has 0 saturated heterocycles. The van der Waals surface area contributed by atoms with Gasteiger partial charge in [0.2, 0.25) is 22.9 Å². The van der Waals surface area contributed by atoms with Gasteiger partial charge in [0.25, 0.3) is 0 Å². The Kier molecular flexibility index (Phi) is 28.0. The zero-order valence-corrected chi connectivity index (χ0v) is 89.6. The monoisotopic (exact) mass is 2640 g/mol. The molecule has 0 aliphatic heterocycles. The maximum atomic E-state index is 8.36. The van der Waals surface area contributed by atoms with E-state index in [1.807, 2.05) is 178 Å². The van der Waals surface area contributed by atoms with Crippen LogP contribution < -0.4 is 0 Å². The second-order valence-electron chi connectivity index (χ2n) is 32.9. The maximum absolute atomic E-state index is 8.36. The van der Waals surface area contributed by atoms with Crippen molar-refractivity contribution < 1.29 is 130 Å². The minimum Gasteiger partial charge on any atom is -0.486 e. The van der Waals surface area contributed by atoms with Crippen LogP contribution in [0.25, 0.3) is 178 Å². The topological polar surface area (TPSA) is 207 Å². The fourth-order valence-electron chi connectivity index (χ4n) is 15.7. The molecule has 16 aromatic heterocycles. The van der Waals surface area contributed by atoms with Gasteiger partial charge in [0.1, 0.15) is 0 Å². The SMILES string of the molecule is Cc1cc(C)c2c(n1)oc1c(-c3ccccn3)[c-]ccc12.Cc1cc(C)c2c(n1)oc1c(-c3ccccn3)[c-]ccc12.[2H]C([2H])([2H])c1c[c-]c(-c2cc(C([2H])(C)C([2H])([2H])[2H])ccn2)c2oc3nc(C)ccc3c12.[2H]C([2H])([2H])c1c[c-]c(-c2cc(C([2H])(C)C([2H])([2H])[2H])ccn2)c2oc3nc(C)ccc3c12.[2H]C([2H])([2H])c1ccc(-c2[c-]cccc2)nc1.[2H]C([2H])([2H])c1ccc(-c2[c-]cccc2)nc1.[2H]C([2H])([2H])c1cnc(-c2[c-]cccc2)cc1C.[Ir].[Ir].[Ir].[Ir].[c-]1ccccc1-c1ccccn1. The van der Waals surface area contributed by atoms with Crippen molar-refractivity contribution in [2.24, 2.45) is 0 Å². The maximum Gasteiger partial charge on any atom is 0.216 e. The molecule has 2 atom stereocenters. The van der Waals surface area contributed by atoms with E-state index in [-0.39, 0.29) is 125 Å². The number of hydrogen-bond donors (Lipinski definition) is 0. The van der Waals surface area contributed by atoms with Crippen LogP contribution in [-0.4, -0.2) is 59.8 Å². The van der Waals surface area contributed by atoms with Gasteiger partial charge >= 0.3 is 0 Å². The van der Waals surface area contributed by atoms with E-state index in [1.165, 1.54) is 92.4 Å². The zero-order valence-electron chi connectivity index (χ0n) is 103. The summed E-state index contributed by atoms with van der Waals surface area (Å²) in [7, 11) is 0. The van der Waals surface area contributed by atoms with E-state index in [4.69, 9.17) is 49.2 Å². The predicted molar refractivity (Wildman–Crippen MR) is 573 cm³/mol. The van der Waals surface area contributed by atoms with Gasteiger partial charge in [-0.25, -0.2) is 19.9 Å². The Labute approximate surface area is 938 Å². The number of aromatic nitrogens is 12. The van der Waals surface area contributed by atoms with Crippen LogP contribution in [0.3, 0.4) is 0 Å². The van der Waals surface area contributed by atoms with Crippen LogP contribution in [0.5, 0.6) is 0 Å². The first kappa shape index (κ1) is 80.7. The molecule has 24 aromatic rings. The third kappa shape index (κ3) is 26.0. The Bertz CT molecular complexity index is 9010. The molecule has 0 bridgehead atoms. The van der Waals surface area contributed by atoms with Crippen molar-refractivity contribution in [1.29, 1.82) is 0 Å². The van der Waals surface area contributed by atoms with Crippen molar-refractivity contribution in [2.75, 3.05) is 0 Å². The standard InChI is InChI=1S/2C21H19N2O.2C18H13N2O.C13H12N.2C12H10N.C11H8N.4Ir/c2*1-12(2)15-9-10-22-18(11-15)16-7-5-13(3)19-17-8-6-14(4)23-21(17)24-20(16)19;2*1-11-10-12(2)20-18-16(11)14-7-5-6-13(17(14)21-18)15-8-3-4-9-19-15;1-10-8-13(14-9-11(10)2)12-6-4-3-5-7-12;2*1-10-7-8-12(13-9-10)11-5-3-2-4-6-11;1-2-6-10(7-3-1)11-8-4-5-9-12-11;;;;/h2*5-6,8-12H,1-4H3;2*3-5,7-10H,1-2H3;3-6,8-9H,1-2H3;2*2-5,7-9H,1H3;1-6,8-9H;;;;/q8*-1;;;;/i2*1D3,3D3,12D;;;2D3;2*1D3;;;;;. The van der Waals surface area contributed by atoms with Gasteiger partial charge in [-0.2, -0.15) is 0 Å². The van der Waals surface area contributed by atoms with E-state index in [9.17, 15) is 0 Å². The molecular weight excluding hydrogens is 2510 g/mol. The summed E-state index contributed by atoms with van der Waals surface area (Å²) in [5.41, 5.74) is 23.7. The molecule has 0 saturated carbocycles. The number of benzene rings is 8. The summed E-state index contributed by atoms with van der Waals surface area (Å²) in [5.74, 6) is -3.70. The summed E-state index contributed by atoms with van der Waals surface area (Å²) in [5, 5.41) is 6.19. The first-order chi connectivity index (χ1) is 78.2. The van der Waals surface area contributed by atoms with Gasteiger partial charge in [0, 0.05) is 206 Å². The second kappa shape index (κ2) is 50.7. The number of rotatable bonds is 10. The smallest absolute Gasteiger partial charge is 0.216 e. The summed E-state index contributed by atoms with van der Waals surface area (Å²) < 4.78 is 200. The summed E-state index contributed by atoms with van der Waals surface area (Å²) in [6.07, 6.45) is 12.4. The average Bonchev–Trinajstić information content (AvgIpc) is 1.57. The van der Waals surface area contributed by atoms with Crippen molar-refractivity contribution in [3.8, 4) is 90.1 Å². The first-order valence-corrected chi connectivity index (χ1v) is 45.1. The molecule has 0 fully saturated rings. The summed E-state index contributed by atoms with van der Waals surface area (Å²) in [4.78, 5) is 51.8. The van der Waals surface area contributed by atoms with Crippen LogP contribution in [0.2, 0.25) is 0 Å². The molecule has 2 unspecified atom stereocenters. The number of nitrogens with zero attached hydrogens (tertiary/aromatic N) is 12. The molecule has 0 spiro atoms. The normalized spacial score (nSPS) is 14.4. The van der Waals surface area contributed by atoms with E-state index >= 15 is 0 Å². The summed E-state index contributed by atoms with van der Waals surface area (Å²) >= 11 is 0. The van der Waals surface area contributed by atoms with Gasteiger partial charge in [0.15, 0.2) is 0 Å². The van der Waals surface area contributed by atoms with Crippen molar-refractivity contribution in [1.82, 2.24) is 59.8 Å². The molecule has 8 aromatic carbocycles. The Morgan fingerprint density at radius 3 is 0.993 bits per heavy atom. The van der Waals surface area contributed by atoms with Gasteiger partial charge in [-0.3, -0.25) is 0 Å². The fraction of sp³-hybridized carbons (Fsp3) is 0.143. The third-order valence-corrected chi connectivity index (χ3v) is 22.5. The number of fused-ring (bicyclic) bond motifs is 12. The summed E-state index contributed by atoms with van der Waals surface area (Å²) in [6, 6.07) is 109. The molecule has 16 heterocycles. The third-order valence-electron chi connectivity index (χ3n) is 22.5. The van der Waals surface area contributed by atoms with Crippen LogP contribution in [0.4, 0.5) is 0 Å². The zero-order chi connectivity index (χ0) is 118. The largest absolute Gasteiger partial charge is 0.486 e. The molecule has 146 heavy (non-hydrogen) atoms. The van der Waals surface area contributed by atoms with Crippen LogP contribution in [0.15, 0.2) is 346 Å². The molecule has 0 amide bonds. The molecule has 16 nitrogen and oxygen atoms in total. The Morgan fingerprint density at radius 2 is 0.630 bits per heavy atom. The number of furan rings is 4. The molecular formula is C126H104Ir4N12O4-8. The van der Waals surface area contributed by atoms with Crippen molar-refractivity contribution in [3.63, 3.8) is 0 Å². The molecule has 20 heteroatoms. The molecule has 0 N–H and O–H groups in total. The predicted octanol–water partition coefficient (Wildman–Crippen LogP) is 31.5. The van der Waals surface area contributed by atoms with E-state index in [2.05, 4.69) is 134 Å². The van der Waals surface area contributed by atoms with Gasteiger partial charge in [-0.15, -0.1) is 215 Å². The van der Waals surface area contributed by atoms with E-state index in [0.717, 1.165) is 129 Å². The molecule has 0 aliphatic rings. The number of pyridine rings is 12. The minimum absolute atomic E-state index is 0. The van der Waals surface area contributed by atoms with E-state index < -0.39 is 59.8 Å². The van der Waals surface area contributed by atoms with Crippen LogP contribution >= 0.6 is 0 Å². The van der Waals surface area contributed by atoms with Crippen LogP contribution in [0.1, 0.15) is 149 Å². The van der Waals surface area contributed by atoms with Gasteiger partial charge < -0.3 is 57.5 Å². The first-order valence-electron chi connectivity index (χ1n) is 56.6. The van der Waals surface area contributed by atoms with Crippen LogP contribution in [-0.2, 0) is 80.4 Å². The second-order valence-corrected chi connectivity index (χ2v) is 32.9. The summed E-state index contributed by atoms with van der Waals surface area (Å²) in [6.45, 7) is 0.00303. The van der Waals surface area contributed by atoms with E-state index in [1.54, 1.807) is 106 Å². The average molecular weight is 2640 g/mol. The Hall–Kier alpha value is -14.6. The van der Waals surface area contributed by atoms with Gasteiger partial charge in [-0.05, 0) is 221 Å². The van der Waals surface area contributed by atoms with Crippen LogP contribution in [0, 0.1) is 131 Å². The Balaban J connectivity index is 0.000000160. The van der Waals surface area contributed by atoms with Gasteiger partial charge in [-0.1, -0.05) is 181 Å². The molecule has 4 radical (unpaired) electrons. The van der Waals surface area contributed by atoms with Gasteiger partial charge in [0.05, 0.1) is 22.3 Å². The van der Waals surface area contributed by atoms with E-state index in [0.29, 0.717) is 72.5 Å². The number of hydrogen-bond acceptors (Lipinski definition) is 16. The van der Waals surface area contributed by atoms with Crippen molar-refractivity contribution >= 4 is 88.3 Å². The number of aryl methyl sites for hydroxylation is 12. The molecule has 736 valence electrons.